The number of hydrogen-bond donors (Lipinski definition) is 6. The summed E-state index contributed by atoms with van der Waals surface area (Å²) in [5.41, 5.74) is 9.06. The van der Waals surface area contributed by atoms with E-state index in [1.807, 2.05) is 0 Å². The van der Waals surface area contributed by atoms with Crippen LogP contribution in [0.15, 0.2) is 25.3 Å². The Hall–Kier alpha value is -0.790. The maximum absolute atomic E-state index is 9.71. The van der Waals surface area contributed by atoms with E-state index < -0.39 is 22.0 Å². The Labute approximate surface area is 151 Å². The van der Waals surface area contributed by atoms with Crippen LogP contribution in [-0.2, 0) is 13.9 Å². The third-order valence-corrected chi connectivity index (χ3v) is 3.44. The summed E-state index contributed by atoms with van der Waals surface area (Å²) in [4.78, 5) is 25.1. The molecule has 0 radical (unpaired) electrons. The topological polar surface area (TPSA) is 148 Å². The van der Waals surface area contributed by atoms with Crippen molar-refractivity contribution in [2.45, 2.75) is 32.6 Å². The second-order valence-electron chi connectivity index (χ2n) is 4.68. The summed E-state index contributed by atoms with van der Waals surface area (Å²) in [6.45, 7) is 9.77. The van der Waals surface area contributed by atoms with Gasteiger partial charge in [0.05, 0.1) is 0 Å². The summed E-state index contributed by atoms with van der Waals surface area (Å²) in [6.07, 6.45) is 8.63. The first kappa shape index (κ1) is 29.0. The lowest BCUT2D eigenvalue weighted by Gasteiger charge is -2.03. The van der Waals surface area contributed by atoms with Gasteiger partial charge in [-0.1, -0.05) is 25.0 Å². The second kappa shape index (κ2) is 25.5. The monoisotopic (exact) mass is 401 g/mol. The third-order valence-electron chi connectivity index (χ3n) is 2.17. The van der Waals surface area contributed by atoms with Gasteiger partial charge >= 0.3 is 0 Å². The molecule has 25 heavy (non-hydrogen) atoms. The van der Waals surface area contributed by atoms with E-state index in [9.17, 15) is 9.13 Å². The van der Waals surface area contributed by atoms with Crippen LogP contribution in [0.2, 0.25) is 0 Å². The molecule has 0 bridgehead atoms. The highest BCUT2D eigenvalue weighted by Gasteiger charge is 1.92. The van der Waals surface area contributed by atoms with E-state index >= 15 is 0 Å². The van der Waals surface area contributed by atoms with Crippen molar-refractivity contribution in [3.05, 3.63) is 25.3 Å². The molecule has 1 aliphatic rings. The predicted octanol–water partition coefficient (Wildman–Crippen LogP) is 1.53. The minimum atomic E-state index is -2.25. The molecule has 1 heterocycles. The van der Waals surface area contributed by atoms with Crippen LogP contribution in [0.25, 0.3) is 0 Å². The van der Waals surface area contributed by atoms with Crippen LogP contribution in [0.4, 0.5) is 0 Å². The third kappa shape index (κ3) is 51.7. The number of carboxylic acids is 1. The van der Waals surface area contributed by atoms with E-state index in [-0.39, 0.29) is 12.3 Å². The van der Waals surface area contributed by atoms with E-state index in [2.05, 4.69) is 29.5 Å². The summed E-state index contributed by atoms with van der Waals surface area (Å²) in [7, 11) is -4.51. The van der Waals surface area contributed by atoms with Crippen molar-refractivity contribution < 1.29 is 28.8 Å². The van der Waals surface area contributed by atoms with Crippen molar-refractivity contribution in [2.75, 3.05) is 25.4 Å². The van der Waals surface area contributed by atoms with Gasteiger partial charge in [-0.15, -0.1) is 13.2 Å². The number of aliphatic carboxylic acids is 1. The van der Waals surface area contributed by atoms with Crippen LogP contribution in [0, 0.1) is 0 Å². The number of rotatable bonds is 4. The molecule has 150 valence electrons. The number of allylic oxidation sites excluding steroid dienone is 2. The molecular formula is C14H33N3O6P2. The zero-order chi connectivity index (χ0) is 19.9. The van der Waals surface area contributed by atoms with Gasteiger partial charge in [-0.05, 0) is 12.8 Å². The van der Waals surface area contributed by atoms with Gasteiger partial charge in [-0.2, -0.15) is 5.53 Å². The lowest BCUT2D eigenvalue weighted by Crippen LogP contribution is -2.43. The molecule has 1 aliphatic heterocycles. The fraction of sp³-hybridized carbons (Fsp3) is 0.643. The molecule has 2 atom stereocenters. The minimum absolute atomic E-state index is 0.241. The SMILES string of the molecule is C1CCCNNNCC1.C=CC[PH](=O)O.C=CC[PH](=O)O.CC(=O)O. The van der Waals surface area contributed by atoms with E-state index in [0.29, 0.717) is 0 Å². The lowest BCUT2D eigenvalue weighted by molar-refractivity contribution is -0.134. The Morgan fingerprint density at radius 2 is 1.28 bits per heavy atom. The molecule has 2 unspecified atom stereocenters. The molecule has 0 amide bonds. The van der Waals surface area contributed by atoms with Crippen LogP contribution in [0.5, 0.6) is 0 Å². The molecule has 0 saturated carbocycles. The summed E-state index contributed by atoms with van der Waals surface area (Å²) in [5.74, 6) is -0.833. The van der Waals surface area contributed by atoms with Crippen LogP contribution < -0.4 is 16.4 Å². The summed E-state index contributed by atoms with van der Waals surface area (Å²) in [5, 5.41) is 7.42. The summed E-state index contributed by atoms with van der Waals surface area (Å²) < 4.78 is 19.4. The summed E-state index contributed by atoms with van der Waals surface area (Å²) >= 11 is 0. The van der Waals surface area contributed by atoms with Crippen molar-refractivity contribution in [1.29, 1.82) is 0 Å². The fourth-order valence-corrected chi connectivity index (χ4v) is 1.71. The van der Waals surface area contributed by atoms with Gasteiger partial charge in [0.25, 0.3) is 5.97 Å². The fourth-order valence-electron chi connectivity index (χ4n) is 1.21. The molecule has 1 fully saturated rings. The lowest BCUT2D eigenvalue weighted by atomic mass is 10.2. The van der Waals surface area contributed by atoms with Crippen molar-refractivity contribution in [3.8, 4) is 0 Å². The normalized spacial score (nSPS) is 16.1. The van der Waals surface area contributed by atoms with E-state index in [1.54, 1.807) is 0 Å². The maximum atomic E-state index is 9.71. The molecule has 0 spiro atoms. The molecule has 1 saturated heterocycles. The molecule has 0 aromatic carbocycles. The number of carboxylic acid groups (broad SMARTS) is 1. The van der Waals surface area contributed by atoms with E-state index in [4.69, 9.17) is 19.7 Å². The average Bonchev–Trinajstić information content (AvgIpc) is 2.63. The molecule has 9 nitrogen and oxygen atoms in total. The minimum Gasteiger partial charge on any atom is -0.481 e. The van der Waals surface area contributed by atoms with Gasteiger partial charge in [-0.25, -0.2) is 10.9 Å². The first-order valence-electron chi connectivity index (χ1n) is 7.83. The van der Waals surface area contributed by atoms with E-state index in [1.165, 1.54) is 37.8 Å². The molecule has 6 N–H and O–H groups in total. The van der Waals surface area contributed by atoms with Gasteiger partial charge in [0.1, 0.15) is 0 Å². The highest BCUT2D eigenvalue weighted by molar-refractivity contribution is 7.38. The summed E-state index contributed by atoms with van der Waals surface area (Å²) in [6, 6.07) is 0. The van der Waals surface area contributed by atoms with Gasteiger partial charge in [-0.3, -0.25) is 13.9 Å². The number of hydrazine groups is 2. The Morgan fingerprint density at radius 1 is 0.960 bits per heavy atom. The van der Waals surface area contributed by atoms with Gasteiger partial charge in [0, 0.05) is 32.3 Å². The van der Waals surface area contributed by atoms with Gasteiger partial charge < -0.3 is 14.9 Å². The van der Waals surface area contributed by atoms with Gasteiger partial charge in [0.15, 0.2) is 16.1 Å². The molecule has 0 aromatic heterocycles. The molecule has 0 aromatic rings. The second-order valence-corrected chi connectivity index (χ2v) is 7.08. The Morgan fingerprint density at radius 3 is 1.48 bits per heavy atom. The standard InChI is InChI=1S/C6H15N3.2C3H7O2P.C2H4O2/c1-2-4-6-8-9-7-5-3-1;2*1-2-3-6(4)5;1-2(3)4/h7-9H,1-6H2;2*2,6H,1,3H2,(H,4,5);1H3,(H,3,4). The van der Waals surface area contributed by atoms with Crippen molar-refractivity contribution >= 4 is 22.0 Å². The number of hydrogen-bond acceptors (Lipinski definition) is 6. The van der Waals surface area contributed by atoms with Gasteiger partial charge in [0.2, 0.25) is 0 Å². The first-order chi connectivity index (χ1) is 11.8. The van der Waals surface area contributed by atoms with Crippen LogP contribution in [0.1, 0.15) is 32.6 Å². The van der Waals surface area contributed by atoms with Crippen molar-refractivity contribution in [3.63, 3.8) is 0 Å². The highest BCUT2D eigenvalue weighted by atomic mass is 31.1. The van der Waals surface area contributed by atoms with Crippen LogP contribution >= 0.6 is 16.1 Å². The smallest absolute Gasteiger partial charge is 0.300 e. The molecule has 0 aliphatic carbocycles. The Bertz CT molecular complexity index is 331. The van der Waals surface area contributed by atoms with Crippen LogP contribution in [0.3, 0.4) is 0 Å². The maximum Gasteiger partial charge on any atom is 0.300 e. The molecular weight excluding hydrogens is 368 g/mol. The highest BCUT2D eigenvalue weighted by Crippen LogP contribution is 2.10. The van der Waals surface area contributed by atoms with E-state index in [0.717, 1.165) is 20.0 Å². The number of carbonyl (C=O) groups is 1. The first-order valence-corrected chi connectivity index (χ1v) is 11.0. The molecule has 1 rings (SSSR count). The van der Waals surface area contributed by atoms with Crippen molar-refractivity contribution in [1.82, 2.24) is 16.4 Å². The number of nitrogens with one attached hydrogen (secondary N) is 3. The average molecular weight is 401 g/mol. The zero-order valence-corrected chi connectivity index (χ0v) is 16.8. The molecule has 11 heteroatoms. The Balaban J connectivity index is -0.000000271. The van der Waals surface area contributed by atoms with Crippen LogP contribution in [-0.4, -0.2) is 46.3 Å². The largest absolute Gasteiger partial charge is 0.481 e. The predicted molar refractivity (Wildman–Crippen MR) is 103 cm³/mol. The quantitative estimate of drug-likeness (QED) is 0.305. The Kier molecular flexibility index (Phi) is 29.5. The zero-order valence-electron chi connectivity index (χ0n) is 14.8. The van der Waals surface area contributed by atoms with Crippen molar-refractivity contribution in [2.24, 2.45) is 0 Å².